The van der Waals surface area contributed by atoms with Gasteiger partial charge in [0.1, 0.15) is 11.6 Å². The van der Waals surface area contributed by atoms with Gasteiger partial charge in [-0.25, -0.2) is 4.68 Å². The lowest BCUT2D eigenvalue weighted by Gasteiger charge is -2.28. The highest BCUT2D eigenvalue weighted by Gasteiger charge is 2.41. The zero-order chi connectivity index (χ0) is 17.4. The van der Waals surface area contributed by atoms with E-state index >= 15 is 0 Å². The van der Waals surface area contributed by atoms with Crippen molar-refractivity contribution >= 4 is 5.90 Å². The van der Waals surface area contributed by atoms with Crippen LogP contribution in [0.15, 0.2) is 60.7 Å². The molecule has 0 saturated heterocycles. The third-order valence-corrected chi connectivity index (χ3v) is 4.51. The van der Waals surface area contributed by atoms with Gasteiger partial charge in [-0.05, 0) is 5.56 Å². The lowest BCUT2D eigenvalue weighted by Crippen LogP contribution is -2.31. The average molecular weight is 328 g/mol. The van der Waals surface area contributed by atoms with Crippen molar-refractivity contribution in [3.8, 4) is 23.2 Å². The van der Waals surface area contributed by atoms with Gasteiger partial charge in [0.05, 0.1) is 11.6 Å². The molecular weight excluding hydrogens is 312 g/mol. The van der Waals surface area contributed by atoms with E-state index in [0.717, 1.165) is 22.4 Å². The number of aromatic nitrogens is 2. The Hall–Kier alpha value is -3.39. The third-order valence-electron chi connectivity index (χ3n) is 4.51. The molecule has 1 aliphatic rings. The minimum absolute atomic E-state index is 0.0357. The van der Waals surface area contributed by atoms with E-state index in [4.69, 9.17) is 10.1 Å². The van der Waals surface area contributed by atoms with E-state index in [2.05, 4.69) is 11.2 Å². The molecule has 2 unspecified atom stereocenters. The molecule has 5 nitrogen and oxygen atoms in total. The van der Waals surface area contributed by atoms with E-state index in [1.165, 1.54) is 0 Å². The van der Waals surface area contributed by atoms with Crippen LogP contribution >= 0.6 is 0 Å². The fourth-order valence-electron chi connectivity index (χ4n) is 3.37. The fourth-order valence-corrected chi connectivity index (χ4v) is 3.37. The van der Waals surface area contributed by atoms with E-state index in [9.17, 15) is 5.26 Å². The maximum absolute atomic E-state index is 9.69. The predicted molar refractivity (Wildman–Crippen MR) is 94.4 cm³/mol. The second kappa shape index (κ2) is 5.91. The molecule has 0 fully saturated rings. The summed E-state index contributed by atoms with van der Waals surface area (Å²) in [5, 5.41) is 22.5. The molecule has 0 aliphatic carbocycles. The highest BCUT2D eigenvalue weighted by atomic mass is 16.5. The molecule has 1 aliphatic heterocycles. The van der Waals surface area contributed by atoms with Crippen molar-refractivity contribution in [2.45, 2.75) is 5.92 Å². The molecule has 1 N–H and O–H groups in total. The van der Waals surface area contributed by atoms with E-state index in [-0.39, 0.29) is 11.8 Å². The second-order valence-corrected chi connectivity index (χ2v) is 6.02. The first-order valence-corrected chi connectivity index (χ1v) is 8.04. The molecule has 25 heavy (non-hydrogen) atoms. The summed E-state index contributed by atoms with van der Waals surface area (Å²) in [6, 6.07) is 21.9. The SMILES string of the molecule is Cn1nc(-c2ccccc2)c2c1OC(=N)C(C#N)C2c1ccccc1. The minimum atomic E-state index is -0.679. The van der Waals surface area contributed by atoms with Gasteiger partial charge in [0.15, 0.2) is 0 Å². The Labute approximate surface area is 145 Å². The standard InChI is InChI=1S/C20H16N4O/c1-24-20-17(18(23-24)14-10-6-3-7-11-14)16(13-8-4-2-5-9-13)15(12-21)19(22)25-20/h2-11,15-16,22H,1H3. The number of rotatable bonds is 2. The summed E-state index contributed by atoms with van der Waals surface area (Å²) in [7, 11) is 1.80. The van der Waals surface area contributed by atoms with Crippen LogP contribution in [0.2, 0.25) is 0 Å². The summed E-state index contributed by atoms with van der Waals surface area (Å²) in [6.07, 6.45) is 0. The van der Waals surface area contributed by atoms with Gasteiger partial charge in [-0.15, -0.1) is 0 Å². The quantitative estimate of drug-likeness (QED) is 0.779. The van der Waals surface area contributed by atoms with Crippen LogP contribution in [0, 0.1) is 22.7 Å². The zero-order valence-corrected chi connectivity index (χ0v) is 13.7. The van der Waals surface area contributed by atoms with Gasteiger partial charge in [0.2, 0.25) is 11.8 Å². The summed E-state index contributed by atoms with van der Waals surface area (Å²) in [5.41, 5.74) is 3.60. The summed E-state index contributed by atoms with van der Waals surface area (Å²) < 4.78 is 7.33. The molecule has 4 rings (SSSR count). The molecule has 2 heterocycles. The van der Waals surface area contributed by atoms with Crippen molar-refractivity contribution in [1.82, 2.24) is 9.78 Å². The van der Waals surface area contributed by atoms with Crippen LogP contribution in [0.3, 0.4) is 0 Å². The van der Waals surface area contributed by atoms with Crippen molar-refractivity contribution in [1.29, 1.82) is 10.7 Å². The van der Waals surface area contributed by atoms with Gasteiger partial charge in [0.25, 0.3) is 0 Å². The Morgan fingerprint density at radius 2 is 1.72 bits per heavy atom. The summed E-state index contributed by atoms with van der Waals surface area (Å²) in [4.78, 5) is 0. The first kappa shape index (κ1) is 15.2. The molecule has 2 aromatic carbocycles. The fraction of sp³-hybridized carbons (Fsp3) is 0.150. The Morgan fingerprint density at radius 1 is 1.08 bits per heavy atom. The van der Waals surface area contributed by atoms with Crippen LogP contribution in [0.1, 0.15) is 17.0 Å². The Morgan fingerprint density at radius 3 is 2.36 bits per heavy atom. The minimum Gasteiger partial charge on any atom is -0.424 e. The van der Waals surface area contributed by atoms with Gasteiger partial charge in [-0.1, -0.05) is 60.7 Å². The van der Waals surface area contributed by atoms with Crippen LogP contribution in [-0.2, 0) is 7.05 Å². The van der Waals surface area contributed by atoms with Crippen LogP contribution < -0.4 is 4.74 Å². The molecular formula is C20H16N4O. The lowest BCUT2D eigenvalue weighted by atomic mass is 9.79. The van der Waals surface area contributed by atoms with E-state index in [1.54, 1.807) is 11.7 Å². The number of ether oxygens (including phenoxy) is 1. The monoisotopic (exact) mass is 328 g/mol. The van der Waals surface area contributed by atoms with Crippen molar-refractivity contribution in [3.63, 3.8) is 0 Å². The maximum Gasteiger partial charge on any atom is 0.223 e. The van der Waals surface area contributed by atoms with Crippen LogP contribution in [0.4, 0.5) is 0 Å². The number of aryl methyl sites for hydroxylation is 1. The molecule has 0 spiro atoms. The average Bonchev–Trinajstić information content (AvgIpc) is 2.98. The van der Waals surface area contributed by atoms with Gasteiger partial charge in [0, 0.05) is 18.5 Å². The van der Waals surface area contributed by atoms with Gasteiger partial charge < -0.3 is 4.74 Å². The maximum atomic E-state index is 9.69. The number of nitrogens with one attached hydrogen (secondary N) is 1. The molecule has 0 radical (unpaired) electrons. The molecule has 0 saturated carbocycles. The predicted octanol–water partition coefficient (Wildman–Crippen LogP) is 3.73. The van der Waals surface area contributed by atoms with Gasteiger partial charge in [-0.3, -0.25) is 5.41 Å². The Balaban J connectivity index is 1.99. The summed E-state index contributed by atoms with van der Waals surface area (Å²) >= 11 is 0. The number of fused-ring (bicyclic) bond motifs is 1. The normalized spacial score (nSPS) is 19.0. The first-order valence-electron chi connectivity index (χ1n) is 8.04. The summed E-state index contributed by atoms with van der Waals surface area (Å²) in [6.45, 7) is 0. The number of nitriles is 1. The van der Waals surface area contributed by atoms with Crippen molar-refractivity contribution in [2.24, 2.45) is 13.0 Å². The number of hydrogen-bond donors (Lipinski definition) is 1. The molecule has 1 aromatic heterocycles. The molecule has 0 bridgehead atoms. The smallest absolute Gasteiger partial charge is 0.223 e. The topological polar surface area (TPSA) is 74.7 Å². The molecule has 2 atom stereocenters. The molecule has 3 aromatic rings. The third kappa shape index (κ3) is 2.39. The van der Waals surface area contributed by atoms with Crippen molar-refractivity contribution < 1.29 is 4.74 Å². The van der Waals surface area contributed by atoms with Gasteiger partial charge >= 0.3 is 0 Å². The molecule has 0 amide bonds. The highest BCUT2D eigenvalue weighted by Crippen LogP contribution is 2.46. The first-order chi connectivity index (χ1) is 12.2. The van der Waals surface area contributed by atoms with Crippen LogP contribution in [0.5, 0.6) is 5.88 Å². The Bertz CT molecular complexity index is 970. The van der Waals surface area contributed by atoms with E-state index < -0.39 is 5.92 Å². The number of hydrogen-bond acceptors (Lipinski definition) is 4. The van der Waals surface area contributed by atoms with E-state index in [0.29, 0.717) is 5.88 Å². The van der Waals surface area contributed by atoms with Crippen molar-refractivity contribution in [2.75, 3.05) is 0 Å². The highest BCUT2D eigenvalue weighted by molar-refractivity contribution is 5.86. The van der Waals surface area contributed by atoms with E-state index in [1.807, 2.05) is 60.7 Å². The number of nitrogens with zero attached hydrogens (tertiary/aromatic N) is 3. The molecule has 122 valence electrons. The van der Waals surface area contributed by atoms with Crippen molar-refractivity contribution in [3.05, 3.63) is 71.8 Å². The van der Waals surface area contributed by atoms with Crippen LogP contribution in [0.25, 0.3) is 11.3 Å². The number of benzene rings is 2. The van der Waals surface area contributed by atoms with Gasteiger partial charge in [-0.2, -0.15) is 10.4 Å². The lowest BCUT2D eigenvalue weighted by molar-refractivity contribution is 0.413. The molecule has 5 heteroatoms. The van der Waals surface area contributed by atoms with Crippen LogP contribution in [-0.4, -0.2) is 15.7 Å². The largest absolute Gasteiger partial charge is 0.424 e. The summed E-state index contributed by atoms with van der Waals surface area (Å²) in [5.74, 6) is -0.469. The second-order valence-electron chi connectivity index (χ2n) is 6.02. The Kier molecular flexibility index (Phi) is 3.58. The zero-order valence-electron chi connectivity index (χ0n) is 13.7.